The number of phenolic OH excluding ortho intramolecular Hbond substituents is 3. The molecule has 266 valence electrons. The van der Waals surface area contributed by atoms with E-state index in [9.17, 15) is 20.1 Å². The number of carbonyl (C=O) groups is 1. The zero-order valence-corrected chi connectivity index (χ0v) is 31.8. The molecule has 0 saturated carbocycles. The van der Waals surface area contributed by atoms with Crippen LogP contribution in [0.2, 0.25) is 0 Å². The standard InChI is InChI=1S/C45H56O5/c1-11-12-13-50-42-34-18-32-22-36(43(2,3)4)20-30(40(32)48)16-28-14-27(26-46)15-29(39(28)47)17-31-21-37(44(5,6)7)23-33(41(31)49)19-35(42)25-38(24-34)45(8,9)10/h14-15,20-26,47-49H,11-13,16-19H2,1-10H3. The summed E-state index contributed by atoms with van der Waals surface area (Å²) in [6.07, 6.45) is 4.04. The topological polar surface area (TPSA) is 87.0 Å². The van der Waals surface area contributed by atoms with Crippen molar-refractivity contribution < 1.29 is 24.9 Å². The highest BCUT2D eigenvalue weighted by molar-refractivity contribution is 5.77. The van der Waals surface area contributed by atoms with Crippen molar-refractivity contribution >= 4 is 6.29 Å². The van der Waals surface area contributed by atoms with Crippen molar-refractivity contribution in [3.63, 3.8) is 0 Å². The second-order valence-corrected chi connectivity index (χ2v) is 17.4. The van der Waals surface area contributed by atoms with Crippen LogP contribution in [-0.2, 0) is 41.9 Å². The average Bonchev–Trinajstić information content (AvgIpc) is 3.01. The lowest BCUT2D eigenvalue weighted by Crippen LogP contribution is -2.16. The van der Waals surface area contributed by atoms with E-state index in [2.05, 4.69) is 93.5 Å². The van der Waals surface area contributed by atoms with Crippen LogP contribution in [0.5, 0.6) is 23.0 Å². The van der Waals surface area contributed by atoms with E-state index in [0.717, 1.165) is 63.8 Å². The Morgan fingerprint density at radius 3 is 1.14 bits per heavy atom. The van der Waals surface area contributed by atoms with E-state index < -0.39 is 0 Å². The number of hydrogen-bond acceptors (Lipinski definition) is 5. The third-order valence-electron chi connectivity index (χ3n) is 10.1. The van der Waals surface area contributed by atoms with Gasteiger partial charge in [0.05, 0.1) is 6.61 Å². The van der Waals surface area contributed by atoms with Crippen LogP contribution in [0.4, 0.5) is 0 Å². The summed E-state index contributed by atoms with van der Waals surface area (Å²) in [7, 11) is 0. The molecule has 3 N–H and O–H groups in total. The molecule has 0 atom stereocenters. The molecule has 50 heavy (non-hydrogen) atoms. The molecule has 4 aromatic rings. The van der Waals surface area contributed by atoms with Gasteiger partial charge in [0, 0.05) is 31.2 Å². The monoisotopic (exact) mass is 676 g/mol. The van der Waals surface area contributed by atoms with Crippen molar-refractivity contribution in [3.05, 3.63) is 115 Å². The molecule has 0 saturated heterocycles. The highest BCUT2D eigenvalue weighted by atomic mass is 16.5. The number of hydrogen-bond donors (Lipinski definition) is 3. The minimum atomic E-state index is -0.209. The van der Waals surface area contributed by atoms with Crippen molar-refractivity contribution in [1.29, 1.82) is 0 Å². The van der Waals surface area contributed by atoms with Crippen LogP contribution in [-0.4, -0.2) is 28.2 Å². The SMILES string of the molecule is CCCCOc1c2cc(C(C)(C)C)cc1Cc1cc(C(C)(C)C)cc(c1O)Cc1cc(C=O)cc(c1O)Cc1cc(C(C)(C)C)cc(c1O)C2. The molecule has 0 aliphatic heterocycles. The maximum Gasteiger partial charge on any atom is 0.150 e. The van der Waals surface area contributed by atoms with Gasteiger partial charge in [-0.05, 0) is 96.0 Å². The molecule has 0 fully saturated rings. The van der Waals surface area contributed by atoms with E-state index in [1.807, 2.05) is 12.1 Å². The van der Waals surface area contributed by atoms with Gasteiger partial charge in [0.2, 0.25) is 0 Å². The normalized spacial score (nSPS) is 13.6. The Morgan fingerprint density at radius 2 is 0.840 bits per heavy atom. The van der Waals surface area contributed by atoms with Crippen LogP contribution in [0.1, 0.15) is 154 Å². The molecule has 0 unspecified atom stereocenters. The number of fused-ring (bicyclic) bond motifs is 8. The molecule has 0 heterocycles. The Labute approximate surface area is 299 Å². The summed E-state index contributed by atoms with van der Waals surface area (Å²) in [5.41, 5.74) is 9.17. The average molecular weight is 677 g/mol. The minimum Gasteiger partial charge on any atom is -0.507 e. The highest BCUT2D eigenvalue weighted by Crippen LogP contribution is 2.42. The van der Waals surface area contributed by atoms with E-state index in [1.165, 1.54) is 0 Å². The first-order chi connectivity index (χ1) is 23.3. The number of rotatable bonds is 5. The van der Waals surface area contributed by atoms with Gasteiger partial charge < -0.3 is 20.1 Å². The molecule has 5 rings (SSSR count). The summed E-state index contributed by atoms with van der Waals surface area (Å²) in [4.78, 5) is 12.2. The van der Waals surface area contributed by atoms with Crippen LogP contribution < -0.4 is 4.74 Å². The zero-order valence-electron chi connectivity index (χ0n) is 31.8. The summed E-state index contributed by atoms with van der Waals surface area (Å²) < 4.78 is 6.69. The van der Waals surface area contributed by atoms with E-state index in [-0.39, 0.29) is 46.3 Å². The number of ether oxygens (including phenoxy) is 1. The molecule has 5 nitrogen and oxygen atoms in total. The maximum absolute atomic E-state index is 12.2. The molecular weight excluding hydrogens is 620 g/mol. The Hall–Kier alpha value is -4.25. The summed E-state index contributed by atoms with van der Waals surface area (Å²) >= 11 is 0. The lowest BCUT2D eigenvalue weighted by molar-refractivity contribution is 0.112. The first-order valence-corrected chi connectivity index (χ1v) is 18.1. The van der Waals surface area contributed by atoms with Crippen molar-refractivity contribution in [3.8, 4) is 23.0 Å². The van der Waals surface area contributed by atoms with Crippen molar-refractivity contribution in [2.75, 3.05) is 6.61 Å². The number of unbranched alkanes of at least 4 members (excludes halogenated alkanes) is 1. The number of phenols is 3. The maximum atomic E-state index is 12.2. The lowest BCUT2D eigenvalue weighted by atomic mass is 9.80. The van der Waals surface area contributed by atoms with Gasteiger partial charge in [-0.1, -0.05) is 112 Å². The zero-order chi connectivity index (χ0) is 36.8. The molecule has 4 aromatic carbocycles. The van der Waals surface area contributed by atoms with E-state index in [0.29, 0.717) is 47.3 Å². The van der Waals surface area contributed by atoms with Crippen molar-refractivity contribution in [2.24, 2.45) is 0 Å². The van der Waals surface area contributed by atoms with Gasteiger partial charge in [0.25, 0.3) is 0 Å². The second-order valence-electron chi connectivity index (χ2n) is 17.4. The molecule has 0 spiro atoms. The van der Waals surface area contributed by atoms with Gasteiger partial charge in [-0.3, -0.25) is 4.79 Å². The number of benzene rings is 4. The Bertz CT molecular complexity index is 1790. The lowest BCUT2D eigenvalue weighted by Gasteiger charge is -2.27. The fourth-order valence-electron chi connectivity index (χ4n) is 6.82. The molecule has 0 radical (unpaired) electrons. The number of carbonyl (C=O) groups excluding carboxylic acids is 1. The van der Waals surface area contributed by atoms with Crippen molar-refractivity contribution in [2.45, 2.75) is 124 Å². The van der Waals surface area contributed by atoms with E-state index >= 15 is 0 Å². The summed E-state index contributed by atoms with van der Waals surface area (Å²) in [5, 5.41) is 35.7. The first kappa shape index (κ1) is 37.0. The Balaban J connectivity index is 1.90. The molecule has 5 heteroatoms. The molecular formula is C45H56O5. The number of aromatic hydroxyl groups is 3. The molecule has 8 bridgehead atoms. The fraction of sp³-hybridized carbons (Fsp3) is 0.444. The van der Waals surface area contributed by atoms with E-state index in [1.54, 1.807) is 12.1 Å². The van der Waals surface area contributed by atoms with Gasteiger partial charge in [0.1, 0.15) is 29.3 Å². The van der Waals surface area contributed by atoms with Gasteiger partial charge in [0.15, 0.2) is 0 Å². The smallest absolute Gasteiger partial charge is 0.150 e. The third-order valence-corrected chi connectivity index (χ3v) is 10.1. The summed E-state index contributed by atoms with van der Waals surface area (Å²) in [5.74, 6) is 1.24. The Morgan fingerprint density at radius 1 is 0.540 bits per heavy atom. The fourth-order valence-corrected chi connectivity index (χ4v) is 6.82. The second kappa shape index (κ2) is 13.8. The van der Waals surface area contributed by atoms with Crippen LogP contribution in [0.3, 0.4) is 0 Å². The van der Waals surface area contributed by atoms with Crippen LogP contribution in [0.15, 0.2) is 48.5 Å². The van der Waals surface area contributed by atoms with Crippen LogP contribution in [0.25, 0.3) is 0 Å². The van der Waals surface area contributed by atoms with Crippen LogP contribution in [0, 0.1) is 0 Å². The van der Waals surface area contributed by atoms with Crippen molar-refractivity contribution in [1.82, 2.24) is 0 Å². The summed E-state index contributed by atoms with van der Waals surface area (Å²) in [6, 6.07) is 16.1. The highest BCUT2D eigenvalue weighted by Gasteiger charge is 2.27. The predicted octanol–water partition coefficient (Wildman–Crippen LogP) is 10.4. The summed E-state index contributed by atoms with van der Waals surface area (Å²) in [6.45, 7) is 22.3. The predicted molar refractivity (Wildman–Crippen MR) is 204 cm³/mol. The Kier molecular flexibility index (Phi) is 10.2. The van der Waals surface area contributed by atoms with E-state index in [4.69, 9.17) is 4.74 Å². The largest absolute Gasteiger partial charge is 0.507 e. The minimum absolute atomic E-state index is 0.0681. The van der Waals surface area contributed by atoms with Gasteiger partial charge >= 0.3 is 0 Å². The van der Waals surface area contributed by atoms with Gasteiger partial charge in [-0.25, -0.2) is 0 Å². The molecule has 0 aromatic heterocycles. The third kappa shape index (κ3) is 7.88. The molecule has 1 aliphatic rings. The van der Waals surface area contributed by atoms with Gasteiger partial charge in [-0.15, -0.1) is 0 Å². The van der Waals surface area contributed by atoms with Crippen LogP contribution >= 0.6 is 0 Å². The molecule has 1 aliphatic carbocycles. The van der Waals surface area contributed by atoms with Gasteiger partial charge in [-0.2, -0.15) is 0 Å². The number of aldehydes is 1. The molecule has 0 amide bonds. The quantitative estimate of drug-likeness (QED) is 0.127. The first-order valence-electron chi connectivity index (χ1n) is 18.1.